The smallest absolute Gasteiger partial charge is 0.103 e. The first kappa shape index (κ1) is 11.7. The highest BCUT2D eigenvalue weighted by atomic mass is 32.2. The summed E-state index contributed by atoms with van der Waals surface area (Å²) in [6.45, 7) is 4.27. The Kier molecular flexibility index (Phi) is 4.02. The van der Waals surface area contributed by atoms with Gasteiger partial charge in [-0.05, 0) is 25.5 Å². The fraction of sp³-hybridized carbons (Fsp3) is 0.308. The fourth-order valence-electron chi connectivity index (χ4n) is 1.43. The van der Waals surface area contributed by atoms with Crippen molar-refractivity contribution in [3.05, 3.63) is 45.9 Å². The maximum Gasteiger partial charge on any atom is 0.103 e. The first-order valence-electron chi connectivity index (χ1n) is 5.40. The second-order valence-corrected chi connectivity index (χ2v) is 5.68. The van der Waals surface area contributed by atoms with Crippen molar-refractivity contribution in [2.75, 3.05) is 0 Å². The van der Waals surface area contributed by atoms with Crippen LogP contribution in [0.4, 0.5) is 0 Å². The van der Waals surface area contributed by atoms with Crippen molar-refractivity contribution in [2.24, 2.45) is 0 Å². The molecule has 1 aromatic heterocycles. The molecule has 1 aromatic carbocycles. The molecular weight excluding hydrogens is 234 g/mol. The van der Waals surface area contributed by atoms with Crippen molar-refractivity contribution in [3.8, 4) is 0 Å². The van der Waals surface area contributed by atoms with Crippen LogP contribution in [0.3, 0.4) is 0 Å². The summed E-state index contributed by atoms with van der Waals surface area (Å²) < 4.78 is 0. The highest BCUT2D eigenvalue weighted by Crippen LogP contribution is 2.25. The number of hydrogen-bond donors (Lipinski definition) is 0. The zero-order valence-electron chi connectivity index (χ0n) is 9.56. The van der Waals surface area contributed by atoms with Gasteiger partial charge in [0.05, 0.1) is 11.4 Å². The molecule has 0 atom stereocenters. The van der Waals surface area contributed by atoms with Gasteiger partial charge in [0.15, 0.2) is 0 Å². The molecule has 0 bridgehead atoms. The lowest BCUT2D eigenvalue weighted by Gasteiger charge is -2.00. The largest absolute Gasteiger partial charge is 0.245 e. The molecule has 84 valence electrons. The SMILES string of the molecule is CCc1csc(CSc2cccc(C)c2)n1. The van der Waals surface area contributed by atoms with E-state index >= 15 is 0 Å². The van der Waals surface area contributed by atoms with Crippen LogP contribution in [0.2, 0.25) is 0 Å². The summed E-state index contributed by atoms with van der Waals surface area (Å²) in [6, 6.07) is 8.62. The summed E-state index contributed by atoms with van der Waals surface area (Å²) >= 11 is 3.63. The van der Waals surface area contributed by atoms with E-state index in [4.69, 9.17) is 0 Å². The third kappa shape index (κ3) is 3.09. The van der Waals surface area contributed by atoms with Crippen molar-refractivity contribution in [1.29, 1.82) is 0 Å². The molecule has 2 aromatic rings. The van der Waals surface area contributed by atoms with E-state index in [1.165, 1.54) is 21.2 Å². The zero-order chi connectivity index (χ0) is 11.4. The molecule has 1 heterocycles. The number of nitrogens with zero attached hydrogens (tertiary/aromatic N) is 1. The predicted octanol–water partition coefficient (Wildman–Crippen LogP) is 4.31. The number of hydrogen-bond acceptors (Lipinski definition) is 3. The van der Waals surface area contributed by atoms with Crippen LogP contribution in [0.25, 0.3) is 0 Å². The Morgan fingerprint density at radius 2 is 2.25 bits per heavy atom. The standard InChI is InChI=1S/C13H15NS2/c1-3-11-8-16-13(14-11)9-15-12-6-4-5-10(2)7-12/h4-8H,3,9H2,1-2H3. The van der Waals surface area contributed by atoms with E-state index in [0.717, 1.165) is 12.2 Å². The Balaban J connectivity index is 1.96. The van der Waals surface area contributed by atoms with Crippen LogP contribution in [0, 0.1) is 6.92 Å². The number of thioether (sulfide) groups is 1. The van der Waals surface area contributed by atoms with Crippen LogP contribution >= 0.6 is 23.1 Å². The summed E-state index contributed by atoms with van der Waals surface area (Å²) in [5.41, 5.74) is 2.53. The monoisotopic (exact) mass is 249 g/mol. The lowest BCUT2D eigenvalue weighted by molar-refractivity contribution is 1.04. The summed E-state index contributed by atoms with van der Waals surface area (Å²) in [5, 5.41) is 3.38. The lowest BCUT2D eigenvalue weighted by Crippen LogP contribution is -1.83. The molecule has 0 amide bonds. The quantitative estimate of drug-likeness (QED) is 0.749. The molecule has 0 saturated carbocycles. The Morgan fingerprint density at radius 1 is 1.38 bits per heavy atom. The second-order valence-electron chi connectivity index (χ2n) is 3.69. The lowest BCUT2D eigenvalue weighted by atomic mass is 10.2. The predicted molar refractivity (Wildman–Crippen MR) is 72.2 cm³/mol. The Bertz CT molecular complexity index is 462. The molecule has 1 nitrogen and oxygen atoms in total. The van der Waals surface area contributed by atoms with Gasteiger partial charge in [0.1, 0.15) is 5.01 Å². The first-order valence-corrected chi connectivity index (χ1v) is 7.27. The van der Waals surface area contributed by atoms with Gasteiger partial charge in [-0.2, -0.15) is 0 Å². The second kappa shape index (κ2) is 5.51. The normalized spacial score (nSPS) is 10.6. The molecular formula is C13H15NS2. The van der Waals surface area contributed by atoms with Crippen LogP contribution < -0.4 is 0 Å². The highest BCUT2D eigenvalue weighted by molar-refractivity contribution is 7.98. The molecule has 0 saturated heterocycles. The topological polar surface area (TPSA) is 12.9 Å². The molecule has 2 rings (SSSR count). The van der Waals surface area contributed by atoms with Gasteiger partial charge >= 0.3 is 0 Å². The number of benzene rings is 1. The zero-order valence-corrected chi connectivity index (χ0v) is 11.2. The summed E-state index contributed by atoms with van der Waals surface area (Å²) in [7, 11) is 0. The van der Waals surface area contributed by atoms with E-state index in [-0.39, 0.29) is 0 Å². The molecule has 0 radical (unpaired) electrons. The maximum atomic E-state index is 4.56. The Labute approximate surface area is 105 Å². The van der Waals surface area contributed by atoms with E-state index in [9.17, 15) is 0 Å². The summed E-state index contributed by atoms with van der Waals surface area (Å²) in [5.74, 6) is 0.980. The van der Waals surface area contributed by atoms with E-state index < -0.39 is 0 Å². The number of thiazole rings is 1. The minimum absolute atomic E-state index is 0.980. The van der Waals surface area contributed by atoms with Gasteiger partial charge < -0.3 is 0 Å². The third-order valence-corrected chi connectivity index (χ3v) is 4.40. The van der Waals surface area contributed by atoms with Gasteiger partial charge in [-0.1, -0.05) is 24.6 Å². The van der Waals surface area contributed by atoms with Crippen LogP contribution in [-0.2, 0) is 12.2 Å². The molecule has 3 heteroatoms. The van der Waals surface area contributed by atoms with Gasteiger partial charge in [0.2, 0.25) is 0 Å². The fourth-order valence-corrected chi connectivity index (χ4v) is 3.34. The number of rotatable bonds is 4. The van der Waals surface area contributed by atoms with Gasteiger partial charge in [0.25, 0.3) is 0 Å². The van der Waals surface area contributed by atoms with Crippen LogP contribution in [0.1, 0.15) is 23.2 Å². The van der Waals surface area contributed by atoms with Gasteiger partial charge in [-0.3, -0.25) is 0 Å². The van der Waals surface area contributed by atoms with Gasteiger partial charge in [-0.25, -0.2) is 4.98 Å². The van der Waals surface area contributed by atoms with Gasteiger partial charge in [-0.15, -0.1) is 23.1 Å². The number of aryl methyl sites for hydroxylation is 2. The van der Waals surface area contributed by atoms with Crippen molar-refractivity contribution >= 4 is 23.1 Å². The molecule has 0 aliphatic carbocycles. The van der Waals surface area contributed by atoms with Crippen LogP contribution in [-0.4, -0.2) is 4.98 Å². The van der Waals surface area contributed by atoms with E-state index in [0.29, 0.717) is 0 Å². The molecule has 16 heavy (non-hydrogen) atoms. The first-order chi connectivity index (χ1) is 7.78. The molecule has 0 fully saturated rings. The van der Waals surface area contributed by atoms with E-state index in [1.54, 1.807) is 11.3 Å². The van der Waals surface area contributed by atoms with Crippen molar-refractivity contribution in [3.63, 3.8) is 0 Å². The van der Waals surface area contributed by atoms with Crippen molar-refractivity contribution < 1.29 is 0 Å². The average molecular weight is 249 g/mol. The molecule has 0 aliphatic rings. The number of aromatic nitrogens is 1. The van der Waals surface area contributed by atoms with Crippen molar-refractivity contribution in [2.45, 2.75) is 30.9 Å². The van der Waals surface area contributed by atoms with E-state index in [2.05, 4.69) is 48.5 Å². The maximum absolute atomic E-state index is 4.56. The van der Waals surface area contributed by atoms with Crippen LogP contribution in [0.15, 0.2) is 34.5 Å². The van der Waals surface area contributed by atoms with Crippen LogP contribution in [0.5, 0.6) is 0 Å². The average Bonchev–Trinajstić information content (AvgIpc) is 2.74. The molecule has 0 N–H and O–H groups in total. The Hall–Kier alpha value is -0.800. The summed E-state index contributed by atoms with van der Waals surface area (Å²) in [4.78, 5) is 5.89. The van der Waals surface area contributed by atoms with Gasteiger partial charge in [0, 0.05) is 10.3 Å². The third-order valence-electron chi connectivity index (χ3n) is 2.31. The van der Waals surface area contributed by atoms with Crippen molar-refractivity contribution in [1.82, 2.24) is 4.98 Å². The molecule has 0 aliphatic heterocycles. The minimum atomic E-state index is 0.980. The minimum Gasteiger partial charge on any atom is -0.245 e. The molecule has 0 spiro atoms. The van der Waals surface area contributed by atoms with E-state index in [1.807, 2.05) is 11.8 Å². The highest BCUT2D eigenvalue weighted by Gasteiger charge is 2.01. The molecule has 0 unspecified atom stereocenters. The summed E-state index contributed by atoms with van der Waals surface area (Å²) in [6.07, 6.45) is 1.03. The Morgan fingerprint density at radius 3 is 2.94 bits per heavy atom.